The fourth-order valence-corrected chi connectivity index (χ4v) is 4.89. The quantitative estimate of drug-likeness (QED) is 0.137. The van der Waals surface area contributed by atoms with Gasteiger partial charge in [-0.3, -0.25) is 4.55 Å². The summed E-state index contributed by atoms with van der Waals surface area (Å²) in [4.78, 5) is 0. The van der Waals surface area contributed by atoms with Crippen LogP contribution in [0.1, 0.15) is 142 Å². The van der Waals surface area contributed by atoms with E-state index in [1.54, 1.807) is 0 Å². The van der Waals surface area contributed by atoms with Crippen molar-refractivity contribution >= 4 is 10.1 Å². The van der Waals surface area contributed by atoms with Crippen LogP contribution in [0.4, 0.5) is 0 Å². The fraction of sp³-hybridized carbons (Fsp3) is 1.00. The molecule has 0 aliphatic rings. The van der Waals surface area contributed by atoms with E-state index in [2.05, 4.69) is 6.92 Å². The molecule has 0 heterocycles. The van der Waals surface area contributed by atoms with Crippen molar-refractivity contribution in [3.63, 3.8) is 0 Å². The van der Waals surface area contributed by atoms with Gasteiger partial charge in [0.15, 0.2) is 0 Å². The molecule has 4 nitrogen and oxygen atoms in total. The Morgan fingerprint density at radius 3 is 1.28 bits per heavy atom. The van der Waals surface area contributed by atoms with Gasteiger partial charge in [-0.15, -0.1) is 0 Å². The van der Waals surface area contributed by atoms with Crippen LogP contribution >= 0.6 is 0 Å². The summed E-state index contributed by atoms with van der Waals surface area (Å²) in [6, 6.07) is 0. The summed E-state index contributed by atoms with van der Waals surface area (Å²) in [5.74, 6) is 0. The summed E-state index contributed by atoms with van der Waals surface area (Å²) in [6.45, 7) is 4.23. The van der Waals surface area contributed by atoms with Gasteiger partial charge < -0.3 is 5.11 Å². The number of unbranched alkanes of at least 4 members (excludes halogenated alkanes) is 14. The molecule has 2 N–H and O–H groups in total. The molecule has 0 fully saturated rings. The molecule has 0 radical (unpaired) electrons. The third kappa shape index (κ3) is 19.6. The molecule has 0 rings (SSSR count). The van der Waals surface area contributed by atoms with Crippen LogP contribution in [0.5, 0.6) is 0 Å². The van der Waals surface area contributed by atoms with E-state index in [1.165, 1.54) is 64.2 Å². The van der Waals surface area contributed by atoms with Gasteiger partial charge in [0.05, 0.1) is 11.4 Å². The van der Waals surface area contributed by atoms with Gasteiger partial charge in [-0.1, -0.05) is 117 Å². The highest BCUT2D eigenvalue weighted by atomic mass is 32.2. The maximum Gasteiger partial charge on any atom is 0.267 e. The molecule has 0 spiro atoms. The zero-order valence-corrected chi connectivity index (χ0v) is 20.2. The fourth-order valence-electron chi connectivity index (χ4n) is 3.96. The van der Waals surface area contributed by atoms with E-state index in [9.17, 15) is 18.1 Å². The van der Waals surface area contributed by atoms with E-state index in [4.69, 9.17) is 0 Å². The van der Waals surface area contributed by atoms with Crippen LogP contribution in [0.2, 0.25) is 0 Å². The monoisotopic (exact) mass is 434 g/mol. The number of rotatable bonds is 22. The van der Waals surface area contributed by atoms with Crippen molar-refractivity contribution < 1.29 is 18.1 Å². The van der Waals surface area contributed by atoms with Crippen LogP contribution in [-0.2, 0) is 10.1 Å². The van der Waals surface area contributed by atoms with Gasteiger partial charge in [0.2, 0.25) is 0 Å². The van der Waals surface area contributed by atoms with Crippen LogP contribution in [0.15, 0.2) is 0 Å². The van der Waals surface area contributed by atoms with Gasteiger partial charge in [0.1, 0.15) is 0 Å². The lowest BCUT2D eigenvalue weighted by atomic mass is 10.0. The second kappa shape index (κ2) is 19.8. The Labute approximate surface area is 182 Å². The summed E-state index contributed by atoms with van der Waals surface area (Å²) in [5, 5.41) is 8.95. The molecular weight excluding hydrogens is 384 g/mol. The van der Waals surface area contributed by atoms with E-state index in [0.29, 0.717) is 12.8 Å². The van der Waals surface area contributed by atoms with Crippen LogP contribution < -0.4 is 0 Å². The van der Waals surface area contributed by atoms with Gasteiger partial charge in [0, 0.05) is 0 Å². The Bertz CT molecular complexity index is 436. The summed E-state index contributed by atoms with van der Waals surface area (Å²) in [7, 11) is -3.93. The normalized spacial score (nSPS) is 14.2. The van der Waals surface area contributed by atoms with Gasteiger partial charge >= 0.3 is 0 Å². The van der Waals surface area contributed by atoms with E-state index < -0.39 is 15.4 Å². The average Bonchev–Trinajstić information content (AvgIpc) is 2.68. The molecule has 0 bridgehead atoms. The van der Waals surface area contributed by atoms with E-state index >= 15 is 0 Å². The Morgan fingerprint density at radius 1 is 0.586 bits per heavy atom. The maximum atomic E-state index is 11.6. The molecule has 5 heteroatoms. The van der Waals surface area contributed by atoms with Gasteiger partial charge in [0.25, 0.3) is 10.1 Å². The molecule has 29 heavy (non-hydrogen) atoms. The summed E-state index contributed by atoms with van der Waals surface area (Å²) < 4.78 is 32.8. The Kier molecular flexibility index (Phi) is 19.7. The minimum atomic E-state index is -3.93. The lowest BCUT2D eigenvalue weighted by Crippen LogP contribution is -2.20. The predicted molar refractivity (Wildman–Crippen MR) is 125 cm³/mol. The molecule has 176 valence electrons. The smallest absolute Gasteiger partial charge is 0.267 e. The van der Waals surface area contributed by atoms with Crippen LogP contribution in [0.3, 0.4) is 0 Å². The van der Waals surface area contributed by atoms with E-state index in [1.807, 2.05) is 6.92 Å². The first kappa shape index (κ1) is 28.9. The van der Waals surface area contributed by atoms with Crippen molar-refractivity contribution in [2.75, 3.05) is 0 Å². The standard InChI is InChI=1S/C24H50O4S/c1-3-5-6-7-8-9-10-11-12-13-14-18-21-24(29(26,27)28)22-19-16-15-17-20-23(25)4-2/h23-25H,3-22H2,1-2H3,(H,26,27,28). The summed E-state index contributed by atoms with van der Waals surface area (Å²) in [5.41, 5.74) is 0. The molecule has 0 aromatic carbocycles. The zero-order chi connectivity index (χ0) is 21.8. The first-order chi connectivity index (χ1) is 13.9. The van der Waals surface area contributed by atoms with Gasteiger partial charge in [-0.05, 0) is 25.7 Å². The first-order valence-electron chi connectivity index (χ1n) is 12.6. The molecule has 0 saturated heterocycles. The van der Waals surface area contributed by atoms with Gasteiger partial charge in [-0.25, -0.2) is 0 Å². The second-order valence-electron chi connectivity index (χ2n) is 8.87. The Hall–Kier alpha value is -0.130. The molecular formula is C24H50O4S. The van der Waals surface area contributed by atoms with Crippen molar-refractivity contribution in [3.8, 4) is 0 Å². The number of hydrogen-bond acceptors (Lipinski definition) is 3. The molecule has 0 aromatic rings. The number of hydrogen-bond donors (Lipinski definition) is 2. The largest absolute Gasteiger partial charge is 0.393 e. The Morgan fingerprint density at radius 2 is 0.931 bits per heavy atom. The summed E-state index contributed by atoms with van der Waals surface area (Å²) in [6.07, 6.45) is 21.6. The molecule has 0 aliphatic carbocycles. The van der Waals surface area contributed by atoms with Gasteiger partial charge in [-0.2, -0.15) is 8.42 Å². The van der Waals surface area contributed by atoms with Crippen molar-refractivity contribution in [1.82, 2.24) is 0 Å². The van der Waals surface area contributed by atoms with Crippen LogP contribution in [-0.4, -0.2) is 29.4 Å². The topological polar surface area (TPSA) is 74.6 Å². The maximum absolute atomic E-state index is 11.6. The van der Waals surface area contributed by atoms with E-state index in [-0.39, 0.29) is 6.10 Å². The Balaban J connectivity index is 3.66. The van der Waals surface area contributed by atoms with Crippen molar-refractivity contribution in [3.05, 3.63) is 0 Å². The SMILES string of the molecule is CCCCCCCCCCCCCCC(CCCCCCC(O)CC)S(=O)(=O)O. The molecule has 2 atom stereocenters. The highest BCUT2D eigenvalue weighted by Gasteiger charge is 2.21. The molecule has 0 aliphatic heterocycles. The van der Waals surface area contributed by atoms with Crippen LogP contribution in [0, 0.1) is 0 Å². The first-order valence-corrected chi connectivity index (χ1v) is 14.1. The van der Waals surface area contributed by atoms with E-state index in [0.717, 1.165) is 51.4 Å². The average molecular weight is 435 g/mol. The number of aliphatic hydroxyl groups excluding tert-OH is 1. The molecule has 0 aromatic heterocycles. The minimum absolute atomic E-state index is 0.202. The predicted octanol–water partition coefficient (Wildman–Crippen LogP) is 7.45. The van der Waals surface area contributed by atoms with Crippen LogP contribution in [0.25, 0.3) is 0 Å². The molecule has 0 saturated carbocycles. The van der Waals surface area contributed by atoms with Crippen molar-refractivity contribution in [2.45, 2.75) is 154 Å². The highest BCUT2D eigenvalue weighted by molar-refractivity contribution is 7.86. The zero-order valence-electron chi connectivity index (χ0n) is 19.4. The third-order valence-electron chi connectivity index (χ3n) is 6.09. The lowest BCUT2D eigenvalue weighted by molar-refractivity contribution is 0.156. The molecule has 0 amide bonds. The third-order valence-corrected chi connectivity index (χ3v) is 7.40. The summed E-state index contributed by atoms with van der Waals surface area (Å²) >= 11 is 0. The molecule has 2 unspecified atom stereocenters. The van der Waals surface area contributed by atoms with Crippen molar-refractivity contribution in [1.29, 1.82) is 0 Å². The number of aliphatic hydroxyl groups is 1. The van der Waals surface area contributed by atoms with Crippen molar-refractivity contribution in [2.24, 2.45) is 0 Å². The minimum Gasteiger partial charge on any atom is -0.393 e. The lowest BCUT2D eigenvalue weighted by Gasteiger charge is -2.14. The second-order valence-corrected chi connectivity index (χ2v) is 10.6. The highest BCUT2D eigenvalue weighted by Crippen LogP contribution is 2.19.